The Morgan fingerprint density at radius 1 is 0.538 bits per heavy atom. The van der Waals surface area contributed by atoms with Gasteiger partial charge in [0.2, 0.25) is 0 Å². The molecule has 0 heterocycles. The van der Waals surface area contributed by atoms with Gasteiger partial charge in [0.25, 0.3) is 0 Å². The number of rotatable bonds is 9. The van der Waals surface area contributed by atoms with E-state index < -0.39 is 16.1 Å². The summed E-state index contributed by atoms with van der Waals surface area (Å²) in [5, 5.41) is 3.11. The largest absolute Gasteiger partial charge is 0.0909 e. The van der Waals surface area contributed by atoms with E-state index in [1.54, 1.807) is 10.4 Å². The van der Waals surface area contributed by atoms with Crippen LogP contribution in [0, 0.1) is 0 Å². The molecule has 2 aromatic rings. The molecule has 0 N–H and O–H groups in total. The summed E-state index contributed by atoms with van der Waals surface area (Å²) < 4.78 is 0. The molecule has 0 aliphatic heterocycles. The first kappa shape index (κ1) is 20.7. The van der Waals surface area contributed by atoms with Crippen LogP contribution in [0.15, 0.2) is 85.0 Å². The van der Waals surface area contributed by atoms with Crippen LogP contribution in [0.1, 0.15) is 12.8 Å². The molecule has 0 atom stereocenters. The highest BCUT2D eigenvalue weighted by Gasteiger charge is 2.21. The molecule has 2 rings (SSSR count). The third-order valence-electron chi connectivity index (χ3n) is 5.20. The van der Waals surface area contributed by atoms with Crippen molar-refractivity contribution in [3.63, 3.8) is 0 Å². The molecule has 0 saturated heterocycles. The third kappa shape index (κ3) is 6.58. The Bertz CT molecular complexity index is 634. The lowest BCUT2D eigenvalue weighted by Crippen LogP contribution is -2.40. The molecule has 0 aliphatic carbocycles. The van der Waals surface area contributed by atoms with Gasteiger partial charge in [0.15, 0.2) is 0 Å². The number of unbranched alkanes of at least 4 members (excludes halogenated alkanes) is 1. The van der Waals surface area contributed by atoms with Gasteiger partial charge in [0.1, 0.15) is 0 Å². The first-order chi connectivity index (χ1) is 12.4. The molecule has 0 aliphatic rings. The first-order valence-corrected chi connectivity index (χ1v) is 16.2. The lowest BCUT2D eigenvalue weighted by Gasteiger charge is -2.21. The Morgan fingerprint density at radius 2 is 0.885 bits per heavy atom. The fourth-order valence-electron chi connectivity index (χ4n) is 3.20. The minimum atomic E-state index is -1.32. The molecule has 0 aromatic heterocycles. The van der Waals surface area contributed by atoms with E-state index in [9.17, 15) is 0 Å². The number of hydrogen-bond donors (Lipinski definition) is 0. The molecule has 0 fully saturated rings. The zero-order chi connectivity index (χ0) is 18.9. The maximum absolute atomic E-state index is 2.46. The summed E-state index contributed by atoms with van der Waals surface area (Å²) in [4.78, 5) is 0. The van der Waals surface area contributed by atoms with E-state index in [-0.39, 0.29) is 0 Å². The molecule has 26 heavy (non-hydrogen) atoms. The van der Waals surface area contributed by atoms with E-state index in [2.05, 4.69) is 111 Å². The first-order valence-electron chi connectivity index (χ1n) is 9.83. The van der Waals surface area contributed by atoms with Crippen molar-refractivity contribution in [2.24, 2.45) is 0 Å². The average molecular weight is 379 g/mol. The van der Waals surface area contributed by atoms with E-state index >= 15 is 0 Å². The van der Waals surface area contributed by atoms with Crippen molar-refractivity contribution in [2.75, 3.05) is 0 Å². The molecule has 0 saturated carbocycles. The summed E-state index contributed by atoms with van der Waals surface area (Å²) in [6, 6.07) is 24.5. The van der Waals surface area contributed by atoms with Gasteiger partial charge >= 0.3 is 0 Å². The lowest BCUT2D eigenvalue weighted by molar-refractivity contribution is 1.04. The second-order valence-corrected chi connectivity index (χ2v) is 17.9. The Balaban J connectivity index is 1.71. The van der Waals surface area contributed by atoms with Crippen LogP contribution in [0.5, 0.6) is 0 Å². The van der Waals surface area contributed by atoms with Gasteiger partial charge in [-0.05, 0) is 24.9 Å². The Hall–Kier alpha value is -1.65. The van der Waals surface area contributed by atoms with Crippen molar-refractivity contribution in [1.82, 2.24) is 0 Å². The summed E-state index contributed by atoms with van der Waals surface area (Å²) in [5.41, 5.74) is 0. The van der Waals surface area contributed by atoms with Crippen molar-refractivity contribution >= 4 is 26.5 Å². The number of hydrogen-bond acceptors (Lipinski definition) is 0. The Labute approximate surface area is 162 Å². The van der Waals surface area contributed by atoms with E-state index in [1.807, 2.05) is 0 Å². The number of allylic oxidation sites excluding steroid dienone is 4. The van der Waals surface area contributed by atoms with E-state index in [0.717, 1.165) is 12.8 Å². The lowest BCUT2D eigenvalue weighted by atomic mass is 10.3. The minimum absolute atomic E-state index is 1.16. The van der Waals surface area contributed by atoms with Crippen LogP contribution in [0.4, 0.5) is 0 Å². The quantitative estimate of drug-likeness (QED) is 0.280. The van der Waals surface area contributed by atoms with Crippen molar-refractivity contribution in [2.45, 2.75) is 51.1 Å². The van der Waals surface area contributed by atoms with Crippen molar-refractivity contribution in [3.8, 4) is 0 Å². The second-order valence-electron chi connectivity index (χ2n) is 8.43. The van der Waals surface area contributed by atoms with Gasteiger partial charge in [0.05, 0.1) is 16.1 Å². The molecular formula is C24H34Si2. The molecule has 0 bridgehead atoms. The van der Waals surface area contributed by atoms with Gasteiger partial charge in [-0.3, -0.25) is 0 Å². The van der Waals surface area contributed by atoms with Crippen molar-refractivity contribution in [1.29, 1.82) is 0 Å². The highest BCUT2D eigenvalue weighted by molar-refractivity contribution is 6.90. The van der Waals surface area contributed by atoms with Crippen LogP contribution in [-0.2, 0) is 0 Å². The van der Waals surface area contributed by atoms with Crippen LogP contribution < -0.4 is 10.4 Å². The summed E-state index contributed by atoms with van der Waals surface area (Å²) in [5.74, 6) is 0. The highest BCUT2D eigenvalue weighted by atomic mass is 28.3. The van der Waals surface area contributed by atoms with E-state index in [1.165, 1.54) is 12.1 Å². The SMILES string of the molecule is C[Si](C)(CC=CCCC=CC[Si](C)(C)c1ccccc1)c1ccccc1. The van der Waals surface area contributed by atoms with Gasteiger partial charge in [0, 0.05) is 0 Å². The zero-order valence-electron chi connectivity index (χ0n) is 16.9. The fraction of sp³-hybridized carbons (Fsp3) is 0.333. The smallest absolute Gasteiger partial charge is 0.0843 e. The van der Waals surface area contributed by atoms with Gasteiger partial charge in [-0.2, -0.15) is 0 Å². The van der Waals surface area contributed by atoms with Crippen molar-refractivity contribution in [3.05, 3.63) is 85.0 Å². The predicted molar refractivity (Wildman–Crippen MR) is 124 cm³/mol. The fourth-order valence-corrected chi connectivity index (χ4v) is 7.37. The molecule has 2 aromatic carbocycles. The van der Waals surface area contributed by atoms with Crippen LogP contribution in [0.25, 0.3) is 0 Å². The van der Waals surface area contributed by atoms with Crippen LogP contribution in [0.3, 0.4) is 0 Å². The normalized spacial score (nSPS) is 12.9. The molecule has 0 unspecified atom stereocenters. The standard InChI is InChI=1S/C24H34Si2/c1-25(2,23-17-11-9-12-18-23)21-15-7-5-6-8-16-22-26(3,4)24-19-13-10-14-20-24/h7-20H,5-6,21-22H2,1-4H3. The van der Waals surface area contributed by atoms with Gasteiger partial charge in [-0.25, -0.2) is 0 Å². The van der Waals surface area contributed by atoms with Gasteiger partial charge in [-0.15, -0.1) is 0 Å². The summed E-state index contributed by atoms with van der Waals surface area (Å²) >= 11 is 0. The van der Waals surface area contributed by atoms with Gasteiger partial charge in [-0.1, -0.05) is 122 Å². The van der Waals surface area contributed by atoms with Crippen LogP contribution >= 0.6 is 0 Å². The molecule has 2 heteroatoms. The van der Waals surface area contributed by atoms with Crippen LogP contribution in [-0.4, -0.2) is 16.1 Å². The third-order valence-corrected chi connectivity index (χ3v) is 11.5. The number of benzene rings is 2. The molecule has 0 amide bonds. The molecule has 0 nitrogen and oxygen atoms in total. The molecule has 0 spiro atoms. The predicted octanol–water partition coefficient (Wildman–Crippen LogP) is 6.11. The molecular weight excluding hydrogens is 344 g/mol. The zero-order valence-corrected chi connectivity index (χ0v) is 18.9. The average Bonchev–Trinajstić information content (AvgIpc) is 2.65. The maximum atomic E-state index is 2.46. The molecule has 138 valence electrons. The summed E-state index contributed by atoms with van der Waals surface area (Å²) in [6.45, 7) is 9.84. The summed E-state index contributed by atoms with van der Waals surface area (Å²) in [6.07, 6.45) is 11.9. The topological polar surface area (TPSA) is 0 Å². The van der Waals surface area contributed by atoms with Crippen molar-refractivity contribution < 1.29 is 0 Å². The Kier molecular flexibility index (Phi) is 7.86. The van der Waals surface area contributed by atoms with E-state index in [4.69, 9.17) is 0 Å². The van der Waals surface area contributed by atoms with Gasteiger partial charge < -0.3 is 0 Å². The monoisotopic (exact) mass is 378 g/mol. The maximum Gasteiger partial charge on any atom is 0.0843 e. The van der Waals surface area contributed by atoms with Crippen LogP contribution in [0.2, 0.25) is 38.3 Å². The second kappa shape index (κ2) is 9.89. The molecule has 0 radical (unpaired) electrons. The minimum Gasteiger partial charge on any atom is -0.0909 e. The van der Waals surface area contributed by atoms with E-state index in [0.29, 0.717) is 0 Å². The Morgan fingerprint density at radius 3 is 1.23 bits per heavy atom. The highest BCUT2D eigenvalue weighted by Crippen LogP contribution is 2.13. The summed E-state index contributed by atoms with van der Waals surface area (Å²) in [7, 11) is -2.63.